The second kappa shape index (κ2) is 9.65. The monoisotopic (exact) mass is 430 g/mol. The van der Waals surface area contributed by atoms with Crippen molar-refractivity contribution in [2.75, 3.05) is 19.5 Å². The summed E-state index contributed by atoms with van der Waals surface area (Å²) in [6.45, 7) is 0. The van der Waals surface area contributed by atoms with Gasteiger partial charge in [0.2, 0.25) is 11.8 Å². The number of benzene rings is 3. The number of anilines is 1. The Balaban J connectivity index is 1.59. The van der Waals surface area contributed by atoms with E-state index in [9.17, 15) is 4.79 Å². The number of hydrogen-bond donors (Lipinski definition) is 2. The van der Waals surface area contributed by atoms with E-state index in [-0.39, 0.29) is 5.89 Å². The van der Waals surface area contributed by atoms with E-state index >= 15 is 0 Å². The van der Waals surface area contributed by atoms with Crippen LogP contribution in [0.1, 0.15) is 17.5 Å². The number of methoxy groups -OCH3 is 2. The molecule has 4 aromatic rings. The lowest BCUT2D eigenvalue weighted by Crippen LogP contribution is -2.33. The predicted molar refractivity (Wildman–Crippen MR) is 120 cm³/mol. The molecule has 0 spiro atoms. The quantitative estimate of drug-likeness (QED) is 0.442. The van der Waals surface area contributed by atoms with Crippen molar-refractivity contribution in [2.24, 2.45) is 0 Å². The largest absolute Gasteiger partial charge is 0.497 e. The molecule has 1 aromatic heterocycles. The van der Waals surface area contributed by atoms with Gasteiger partial charge in [0.15, 0.2) is 0 Å². The molecule has 0 fully saturated rings. The lowest BCUT2D eigenvalue weighted by molar-refractivity contribution is 0.248. The maximum atomic E-state index is 12.9. The van der Waals surface area contributed by atoms with E-state index < -0.39 is 12.1 Å². The first kappa shape index (κ1) is 20.9. The molecule has 3 aromatic carbocycles. The van der Waals surface area contributed by atoms with Gasteiger partial charge in [0.05, 0.1) is 19.9 Å². The number of hydrogen-bond acceptors (Lipinski definition) is 6. The highest BCUT2D eigenvalue weighted by atomic mass is 16.5. The van der Waals surface area contributed by atoms with Crippen molar-refractivity contribution < 1.29 is 18.7 Å². The normalized spacial score (nSPS) is 11.4. The highest BCUT2D eigenvalue weighted by Crippen LogP contribution is 2.30. The van der Waals surface area contributed by atoms with Gasteiger partial charge in [-0.2, -0.15) is 0 Å². The van der Waals surface area contributed by atoms with E-state index in [1.54, 1.807) is 25.3 Å². The van der Waals surface area contributed by atoms with Gasteiger partial charge >= 0.3 is 6.03 Å². The van der Waals surface area contributed by atoms with Crippen LogP contribution in [0.5, 0.6) is 11.5 Å². The van der Waals surface area contributed by atoms with Gasteiger partial charge in [0.25, 0.3) is 0 Å². The summed E-state index contributed by atoms with van der Waals surface area (Å²) in [5, 5.41) is 14.0. The molecular formula is C24H22N4O4. The molecule has 1 atom stereocenters. The van der Waals surface area contributed by atoms with E-state index in [1.165, 1.54) is 7.11 Å². The number of carbonyl (C=O) groups is 1. The van der Waals surface area contributed by atoms with Crippen molar-refractivity contribution in [2.45, 2.75) is 6.04 Å². The predicted octanol–water partition coefficient (Wildman–Crippen LogP) is 4.66. The van der Waals surface area contributed by atoms with E-state index in [0.29, 0.717) is 23.1 Å². The molecule has 1 heterocycles. The molecule has 0 bridgehead atoms. The Labute approximate surface area is 185 Å². The maximum Gasteiger partial charge on any atom is 0.320 e. The van der Waals surface area contributed by atoms with Crippen LogP contribution in [0.15, 0.2) is 83.3 Å². The van der Waals surface area contributed by atoms with Crippen LogP contribution in [0.3, 0.4) is 0 Å². The first-order chi connectivity index (χ1) is 15.7. The maximum absolute atomic E-state index is 12.9. The SMILES string of the molecule is COc1ccc(NC(=O)N[C@H](c2ccccc2)c2nnc(-c3ccccc3)o2)c(OC)c1. The summed E-state index contributed by atoms with van der Waals surface area (Å²) in [4.78, 5) is 12.9. The fraction of sp³-hybridized carbons (Fsp3) is 0.125. The third kappa shape index (κ3) is 4.70. The van der Waals surface area contributed by atoms with Crippen LogP contribution < -0.4 is 20.1 Å². The van der Waals surface area contributed by atoms with E-state index in [0.717, 1.165) is 11.1 Å². The third-order valence-electron chi connectivity index (χ3n) is 4.77. The van der Waals surface area contributed by atoms with Crippen molar-refractivity contribution >= 4 is 11.7 Å². The van der Waals surface area contributed by atoms with Crippen LogP contribution in [0, 0.1) is 0 Å². The number of rotatable bonds is 7. The topological polar surface area (TPSA) is 98.5 Å². The molecule has 0 radical (unpaired) electrons. The molecule has 0 aliphatic carbocycles. The van der Waals surface area contributed by atoms with E-state index in [1.807, 2.05) is 60.7 Å². The van der Waals surface area contributed by atoms with Crippen LogP contribution in [-0.2, 0) is 0 Å². The summed E-state index contributed by atoms with van der Waals surface area (Å²) < 4.78 is 16.5. The molecule has 0 saturated carbocycles. The van der Waals surface area contributed by atoms with Gasteiger partial charge < -0.3 is 24.5 Å². The molecule has 0 saturated heterocycles. The van der Waals surface area contributed by atoms with Gasteiger partial charge in [0.1, 0.15) is 17.5 Å². The number of urea groups is 1. The highest BCUT2D eigenvalue weighted by Gasteiger charge is 2.24. The fourth-order valence-corrected chi connectivity index (χ4v) is 3.17. The van der Waals surface area contributed by atoms with Crippen LogP contribution in [0.25, 0.3) is 11.5 Å². The Kier molecular flexibility index (Phi) is 6.31. The number of amides is 2. The fourth-order valence-electron chi connectivity index (χ4n) is 3.17. The molecule has 0 aliphatic heterocycles. The number of carbonyl (C=O) groups excluding carboxylic acids is 1. The van der Waals surface area contributed by atoms with Crippen molar-refractivity contribution in [3.8, 4) is 23.0 Å². The summed E-state index contributed by atoms with van der Waals surface area (Å²) >= 11 is 0. The van der Waals surface area contributed by atoms with Gasteiger partial charge in [-0.05, 0) is 29.8 Å². The zero-order valence-electron chi connectivity index (χ0n) is 17.6. The van der Waals surface area contributed by atoms with Crippen LogP contribution in [-0.4, -0.2) is 30.4 Å². The molecule has 8 nitrogen and oxygen atoms in total. The van der Waals surface area contributed by atoms with Gasteiger partial charge in [-0.3, -0.25) is 0 Å². The Morgan fingerprint density at radius 3 is 2.31 bits per heavy atom. The molecule has 4 rings (SSSR count). The molecule has 32 heavy (non-hydrogen) atoms. The highest BCUT2D eigenvalue weighted by molar-refractivity contribution is 5.91. The minimum absolute atomic E-state index is 0.270. The van der Waals surface area contributed by atoms with Gasteiger partial charge in [-0.15, -0.1) is 10.2 Å². The van der Waals surface area contributed by atoms with Gasteiger partial charge in [-0.1, -0.05) is 48.5 Å². The lowest BCUT2D eigenvalue weighted by atomic mass is 10.1. The minimum Gasteiger partial charge on any atom is -0.497 e. The summed E-state index contributed by atoms with van der Waals surface area (Å²) in [7, 11) is 3.08. The Morgan fingerprint density at radius 2 is 1.62 bits per heavy atom. The van der Waals surface area contributed by atoms with Crippen LogP contribution >= 0.6 is 0 Å². The number of ether oxygens (including phenoxy) is 2. The third-order valence-corrected chi connectivity index (χ3v) is 4.77. The second-order valence-electron chi connectivity index (χ2n) is 6.82. The first-order valence-corrected chi connectivity index (χ1v) is 9.91. The number of aromatic nitrogens is 2. The standard InChI is InChI=1S/C24H22N4O4/c1-30-18-13-14-19(20(15-18)31-2)25-24(29)26-21(16-9-5-3-6-10-16)23-28-27-22(32-23)17-11-7-4-8-12-17/h3-15,21H,1-2H3,(H2,25,26,29)/t21-/m1/s1. The number of nitrogens with one attached hydrogen (secondary N) is 2. The molecule has 162 valence electrons. The smallest absolute Gasteiger partial charge is 0.320 e. The van der Waals surface area contributed by atoms with Crippen LogP contribution in [0.2, 0.25) is 0 Å². The Bertz CT molecular complexity index is 1180. The van der Waals surface area contributed by atoms with E-state index in [2.05, 4.69) is 20.8 Å². The van der Waals surface area contributed by atoms with Crippen molar-refractivity contribution in [1.29, 1.82) is 0 Å². The van der Waals surface area contributed by atoms with Crippen molar-refractivity contribution in [3.05, 3.63) is 90.3 Å². The Hall–Kier alpha value is -4.33. The van der Waals surface area contributed by atoms with Crippen molar-refractivity contribution in [1.82, 2.24) is 15.5 Å². The molecule has 0 unspecified atom stereocenters. The average molecular weight is 430 g/mol. The van der Waals surface area contributed by atoms with Crippen molar-refractivity contribution in [3.63, 3.8) is 0 Å². The summed E-state index contributed by atoms with van der Waals surface area (Å²) in [6, 6.07) is 22.9. The van der Waals surface area contributed by atoms with Crippen LogP contribution in [0.4, 0.5) is 10.5 Å². The summed E-state index contributed by atoms with van der Waals surface area (Å²) in [6.07, 6.45) is 0. The average Bonchev–Trinajstić information content (AvgIpc) is 3.34. The minimum atomic E-state index is -0.648. The second-order valence-corrected chi connectivity index (χ2v) is 6.82. The van der Waals surface area contributed by atoms with E-state index in [4.69, 9.17) is 13.9 Å². The molecule has 2 N–H and O–H groups in total. The zero-order valence-corrected chi connectivity index (χ0v) is 17.6. The Morgan fingerprint density at radius 1 is 0.906 bits per heavy atom. The molecule has 8 heteroatoms. The lowest BCUT2D eigenvalue weighted by Gasteiger charge is -2.17. The first-order valence-electron chi connectivity index (χ1n) is 9.91. The molecule has 2 amide bonds. The summed E-state index contributed by atoms with van der Waals surface area (Å²) in [5.74, 6) is 1.74. The zero-order chi connectivity index (χ0) is 22.3. The number of nitrogens with zero attached hydrogens (tertiary/aromatic N) is 2. The molecular weight excluding hydrogens is 408 g/mol. The summed E-state index contributed by atoms with van der Waals surface area (Å²) in [5.41, 5.74) is 2.09. The van der Waals surface area contributed by atoms with Gasteiger partial charge in [0, 0.05) is 11.6 Å². The molecule has 0 aliphatic rings. The van der Waals surface area contributed by atoms with Gasteiger partial charge in [-0.25, -0.2) is 4.79 Å².